The molecule has 0 radical (unpaired) electrons. The maximum Gasteiger partial charge on any atom is 0.228 e. The lowest BCUT2D eigenvalue weighted by molar-refractivity contribution is -0.116. The summed E-state index contributed by atoms with van der Waals surface area (Å²) in [6.07, 6.45) is 0.159. The number of halogens is 3. The highest BCUT2D eigenvalue weighted by atomic mass is 79.9. The van der Waals surface area contributed by atoms with Crippen LogP contribution < -0.4 is 4.74 Å². The molecular formula is C10H9BrClFO2. The maximum absolute atomic E-state index is 12.1. The number of hydrogen-bond donors (Lipinski definition) is 0. The monoisotopic (exact) mass is 294 g/mol. The van der Waals surface area contributed by atoms with Crippen molar-refractivity contribution in [2.75, 3.05) is 12.7 Å². The third-order valence-electron chi connectivity index (χ3n) is 1.78. The number of carbonyl (C=O) groups excluding carboxylic acids is 1. The molecule has 0 amide bonds. The van der Waals surface area contributed by atoms with Crippen LogP contribution in [0.2, 0.25) is 0 Å². The van der Waals surface area contributed by atoms with Crippen molar-refractivity contribution in [1.29, 1.82) is 0 Å². The highest BCUT2D eigenvalue weighted by molar-refractivity contribution is 9.10. The Morgan fingerprint density at radius 2 is 2.27 bits per heavy atom. The van der Waals surface area contributed by atoms with Crippen LogP contribution in [0.5, 0.6) is 5.75 Å². The number of rotatable bonds is 5. The van der Waals surface area contributed by atoms with Gasteiger partial charge in [0.05, 0.1) is 5.88 Å². The van der Waals surface area contributed by atoms with Gasteiger partial charge in [-0.05, 0) is 12.1 Å². The highest BCUT2D eigenvalue weighted by Gasteiger charge is 2.08. The van der Waals surface area contributed by atoms with Gasteiger partial charge in [0.2, 0.25) is 6.86 Å². The van der Waals surface area contributed by atoms with Crippen LogP contribution in [0, 0.1) is 0 Å². The molecule has 0 N–H and O–H groups in total. The topological polar surface area (TPSA) is 26.3 Å². The van der Waals surface area contributed by atoms with Crippen LogP contribution in [0.1, 0.15) is 5.56 Å². The van der Waals surface area contributed by atoms with Crippen LogP contribution in [-0.2, 0) is 11.2 Å². The summed E-state index contributed by atoms with van der Waals surface area (Å²) < 4.78 is 17.6. The Morgan fingerprint density at radius 3 is 2.87 bits per heavy atom. The van der Waals surface area contributed by atoms with Gasteiger partial charge in [-0.1, -0.05) is 22.0 Å². The molecule has 0 atom stereocenters. The lowest BCUT2D eigenvalue weighted by Gasteiger charge is -2.08. The molecule has 5 heteroatoms. The number of hydrogen-bond acceptors (Lipinski definition) is 2. The van der Waals surface area contributed by atoms with Crippen LogP contribution in [0.3, 0.4) is 0 Å². The fourth-order valence-corrected chi connectivity index (χ4v) is 1.56. The van der Waals surface area contributed by atoms with Gasteiger partial charge < -0.3 is 4.74 Å². The Labute approximate surface area is 101 Å². The summed E-state index contributed by atoms with van der Waals surface area (Å²) >= 11 is 8.63. The average molecular weight is 296 g/mol. The summed E-state index contributed by atoms with van der Waals surface area (Å²) in [5, 5.41) is 0. The molecule has 0 saturated heterocycles. The summed E-state index contributed by atoms with van der Waals surface area (Å²) in [4.78, 5) is 11.1. The Morgan fingerprint density at radius 1 is 1.53 bits per heavy atom. The first kappa shape index (κ1) is 12.5. The van der Waals surface area contributed by atoms with Gasteiger partial charge in [0.1, 0.15) is 5.75 Å². The summed E-state index contributed by atoms with van der Waals surface area (Å²) in [5.41, 5.74) is 0.640. The van der Waals surface area contributed by atoms with Crippen molar-refractivity contribution < 1.29 is 13.9 Å². The second-order valence-electron chi connectivity index (χ2n) is 2.85. The van der Waals surface area contributed by atoms with Crippen molar-refractivity contribution in [2.45, 2.75) is 6.42 Å². The van der Waals surface area contributed by atoms with E-state index in [1.54, 1.807) is 18.2 Å². The van der Waals surface area contributed by atoms with Gasteiger partial charge in [-0.3, -0.25) is 4.79 Å². The molecular weight excluding hydrogens is 286 g/mol. The molecule has 1 rings (SSSR count). The fraction of sp³-hybridized carbons (Fsp3) is 0.300. The van der Waals surface area contributed by atoms with Gasteiger partial charge in [-0.15, -0.1) is 11.6 Å². The third-order valence-corrected chi connectivity index (χ3v) is 2.57. The molecule has 0 aliphatic rings. The summed E-state index contributed by atoms with van der Waals surface area (Å²) in [6, 6.07) is 5.10. The molecule has 2 nitrogen and oxygen atoms in total. The Balaban J connectivity index is 2.89. The van der Waals surface area contributed by atoms with E-state index in [1.165, 1.54) is 0 Å². The van der Waals surface area contributed by atoms with Crippen LogP contribution in [0.4, 0.5) is 4.39 Å². The minimum Gasteiger partial charge on any atom is -0.463 e. The highest BCUT2D eigenvalue weighted by Crippen LogP contribution is 2.24. The molecule has 0 spiro atoms. The van der Waals surface area contributed by atoms with Gasteiger partial charge in [0.25, 0.3) is 0 Å². The molecule has 15 heavy (non-hydrogen) atoms. The molecule has 0 aliphatic heterocycles. The molecule has 0 aliphatic carbocycles. The zero-order chi connectivity index (χ0) is 11.3. The Bertz CT molecular complexity index is 357. The Kier molecular flexibility index (Phi) is 5.05. The molecule has 0 bridgehead atoms. The molecule has 0 saturated carbocycles. The maximum atomic E-state index is 12.1. The zero-order valence-electron chi connectivity index (χ0n) is 7.80. The van der Waals surface area contributed by atoms with E-state index in [9.17, 15) is 9.18 Å². The van der Waals surface area contributed by atoms with E-state index in [1.807, 2.05) is 0 Å². The SMILES string of the molecule is O=C(CCl)Cc1ccc(Br)cc1OCF. The molecule has 0 heterocycles. The standard InChI is InChI=1S/C10H9BrClFO2/c11-8-2-1-7(3-9(14)5-12)10(4-8)15-6-13/h1-2,4H,3,5-6H2. The number of ketones is 1. The Hall–Kier alpha value is -0.610. The van der Waals surface area contributed by atoms with Crippen molar-refractivity contribution in [3.05, 3.63) is 28.2 Å². The lowest BCUT2D eigenvalue weighted by atomic mass is 10.1. The summed E-state index contributed by atoms with van der Waals surface area (Å²) in [5.74, 6) is 0.193. The van der Waals surface area contributed by atoms with E-state index in [2.05, 4.69) is 15.9 Å². The molecule has 1 aromatic carbocycles. The van der Waals surface area contributed by atoms with Crippen molar-refractivity contribution >= 4 is 33.3 Å². The number of benzene rings is 1. The van der Waals surface area contributed by atoms with Crippen LogP contribution in [-0.4, -0.2) is 18.5 Å². The second-order valence-corrected chi connectivity index (χ2v) is 4.04. The first-order valence-electron chi connectivity index (χ1n) is 4.22. The van der Waals surface area contributed by atoms with E-state index in [-0.39, 0.29) is 18.1 Å². The van der Waals surface area contributed by atoms with E-state index in [0.29, 0.717) is 11.3 Å². The first-order chi connectivity index (χ1) is 7.17. The van der Waals surface area contributed by atoms with Crippen molar-refractivity contribution in [3.63, 3.8) is 0 Å². The van der Waals surface area contributed by atoms with Gasteiger partial charge >= 0.3 is 0 Å². The minimum absolute atomic E-state index is 0.0505. The number of alkyl halides is 2. The van der Waals surface area contributed by atoms with Crippen LogP contribution >= 0.6 is 27.5 Å². The van der Waals surface area contributed by atoms with E-state index >= 15 is 0 Å². The largest absolute Gasteiger partial charge is 0.463 e. The van der Waals surface area contributed by atoms with Gasteiger partial charge in [0, 0.05) is 16.5 Å². The molecule has 1 aromatic rings. The van der Waals surface area contributed by atoms with E-state index in [0.717, 1.165) is 4.47 Å². The third kappa shape index (κ3) is 3.80. The second kappa shape index (κ2) is 6.08. The van der Waals surface area contributed by atoms with Crippen molar-refractivity contribution in [2.24, 2.45) is 0 Å². The molecule has 0 aromatic heterocycles. The van der Waals surface area contributed by atoms with E-state index in [4.69, 9.17) is 16.3 Å². The lowest BCUT2D eigenvalue weighted by Crippen LogP contribution is -2.06. The normalized spacial score (nSPS) is 10.1. The smallest absolute Gasteiger partial charge is 0.228 e. The van der Waals surface area contributed by atoms with Gasteiger partial charge in [-0.25, -0.2) is 4.39 Å². The van der Waals surface area contributed by atoms with E-state index < -0.39 is 6.86 Å². The fourth-order valence-electron chi connectivity index (χ4n) is 1.13. The predicted molar refractivity (Wildman–Crippen MR) is 60.2 cm³/mol. The quantitative estimate of drug-likeness (QED) is 0.780. The summed E-state index contributed by atoms with van der Waals surface area (Å²) in [6.45, 7) is -0.918. The number of carbonyl (C=O) groups is 1. The number of ether oxygens (including phenoxy) is 1. The molecule has 82 valence electrons. The molecule has 0 unspecified atom stereocenters. The minimum atomic E-state index is -0.918. The van der Waals surface area contributed by atoms with Crippen LogP contribution in [0.25, 0.3) is 0 Å². The summed E-state index contributed by atoms with van der Waals surface area (Å²) in [7, 11) is 0. The number of Topliss-reactive ketones (excluding diaryl/α,β-unsaturated/α-hetero) is 1. The van der Waals surface area contributed by atoms with Gasteiger partial charge in [0.15, 0.2) is 5.78 Å². The first-order valence-corrected chi connectivity index (χ1v) is 5.55. The zero-order valence-corrected chi connectivity index (χ0v) is 10.1. The van der Waals surface area contributed by atoms with Gasteiger partial charge in [-0.2, -0.15) is 0 Å². The van der Waals surface area contributed by atoms with Crippen molar-refractivity contribution in [1.82, 2.24) is 0 Å². The predicted octanol–water partition coefficient (Wildman–Crippen LogP) is 3.11. The van der Waals surface area contributed by atoms with Crippen LogP contribution in [0.15, 0.2) is 22.7 Å². The average Bonchev–Trinajstić information content (AvgIpc) is 2.22. The molecule has 0 fully saturated rings. The van der Waals surface area contributed by atoms with Crippen molar-refractivity contribution in [3.8, 4) is 5.75 Å².